The van der Waals surface area contributed by atoms with E-state index in [1.807, 2.05) is 11.0 Å². The first-order chi connectivity index (χ1) is 14.2. The maximum absolute atomic E-state index is 13.3. The summed E-state index contributed by atoms with van der Waals surface area (Å²) < 4.78 is 73.2. The van der Waals surface area contributed by atoms with Crippen LogP contribution >= 0.6 is 0 Å². The van der Waals surface area contributed by atoms with Gasteiger partial charge < -0.3 is 9.64 Å². The lowest BCUT2D eigenvalue weighted by Crippen LogP contribution is -2.30. The second kappa shape index (κ2) is 8.44. The summed E-state index contributed by atoms with van der Waals surface area (Å²) in [5, 5.41) is 9.08. The Balaban J connectivity index is 2.08. The highest BCUT2D eigenvalue weighted by Gasteiger charge is 2.32. The highest BCUT2D eigenvalue weighted by Crippen LogP contribution is 2.38. The monoisotopic (exact) mass is 439 g/mol. The molecular formula is C20H20F3N3O3S. The third kappa shape index (κ3) is 4.62. The molecule has 2 aromatic carbocycles. The van der Waals surface area contributed by atoms with Gasteiger partial charge in [-0.2, -0.15) is 18.4 Å². The minimum atomic E-state index is -4.63. The fourth-order valence-electron chi connectivity index (χ4n) is 3.36. The Hall–Kier alpha value is -2.93. The molecule has 1 N–H and O–H groups in total. The minimum absolute atomic E-state index is 0.0204. The summed E-state index contributed by atoms with van der Waals surface area (Å²) in [5.74, 6) is -0.0204. The molecule has 0 bridgehead atoms. The maximum atomic E-state index is 13.3. The Bertz CT molecular complexity index is 1070. The zero-order valence-electron chi connectivity index (χ0n) is 16.2. The highest BCUT2D eigenvalue weighted by atomic mass is 32.2. The van der Waals surface area contributed by atoms with Crippen molar-refractivity contribution in [3.8, 4) is 11.8 Å². The largest absolute Gasteiger partial charge is 0.495 e. The molecule has 0 aromatic heterocycles. The Morgan fingerprint density at radius 2 is 1.80 bits per heavy atom. The molecule has 3 rings (SSSR count). The van der Waals surface area contributed by atoms with Gasteiger partial charge in [-0.05, 0) is 55.7 Å². The van der Waals surface area contributed by atoms with Crippen molar-refractivity contribution in [1.82, 2.24) is 0 Å². The number of hydrogen-bond acceptors (Lipinski definition) is 5. The first kappa shape index (κ1) is 21.8. The van der Waals surface area contributed by atoms with Crippen LogP contribution in [0.1, 0.15) is 30.4 Å². The Kier molecular flexibility index (Phi) is 6.12. The predicted molar refractivity (Wildman–Crippen MR) is 106 cm³/mol. The third-order valence-electron chi connectivity index (χ3n) is 4.85. The molecule has 0 spiro atoms. The molecule has 1 aliphatic heterocycles. The summed E-state index contributed by atoms with van der Waals surface area (Å²) in [5.41, 5.74) is -0.673. The smallest absolute Gasteiger partial charge is 0.416 e. The quantitative estimate of drug-likeness (QED) is 0.748. The van der Waals surface area contributed by atoms with Gasteiger partial charge in [0, 0.05) is 13.1 Å². The van der Waals surface area contributed by atoms with E-state index in [1.165, 1.54) is 25.3 Å². The number of rotatable bonds is 5. The number of nitriles is 1. The first-order valence-corrected chi connectivity index (χ1v) is 10.7. The van der Waals surface area contributed by atoms with E-state index in [0.717, 1.165) is 37.5 Å². The second-order valence-electron chi connectivity index (χ2n) is 6.86. The number of sulfonamides is 1. The van der Waals surface area contributed by atoms with Crippen molar-refractivity contribution in [3.05, 3.63) is 47.5 Å². The number of anilines is 2. The van der Waals surface area contributed by atoms with Crippen molar-refractivity contribution in [2.75, 3.05) is 29.8 Å². The second-order valence-corrected chi connectivity index (χ2v) is 8.51. The number of alkyl halides is 3. The van der Waals surface area contributed by atoms with Crippen LogP contribution in [-0.4, -0.2) is 28.6 Å². The number of nitrogens with one attached hydrogen (secondary N) is 1. The fraction of sp³-hybridized carbons (Fsp3) is 0.350. The van der Waals surface area contributed by atoms with Crippen molar-refractivity contribution < 1.29 is 26.3 Å². The molecule has 6 nitrogen and oxygen atoms in total. The zero-order chi connectivity index (χ0) is 21.9. The number of nitrogens with zero attached hydrogens (tertiary/aromatic N) is 2. The number of hydrogen-bond donors (Lipinski definition) is 1. The van der Waals surface area contributed by atoms with Crippen LogP contribution in [0, 0.1) is 11.3 Å². The Labute approximate surface area is 172 Å². The standard InChI is InChI=1S/C20H20F3N3O3S/c1-29-18-8-5-14(13-24)11-19(18)30(27,28)25-16-12-15(20(21,22)23)6-7-17(16)26-9-3-2-4-10-26/h5-8,11-12,25H,2-4,9-10H2,1H3. The van der Waals surface area contributed by atoms with Crippen LogP contribution in [-0.2, 0) is 16.2 Å². The third-order valence-corrected chi connectivity index (χ3v) is 6.23. The zero-order valence-corrected chi connectivity index (χ0v) is 17.0. The first-order valence-electron chi connectivity index (χ1n) is 9.23. The normalized spacial score (nSPS) is 14.8. The molecule has 0 saturated carbocycles. The molecule has 0 unspecified atom stereocenters. The summed E-state index contributed by atoms with van der Waals surface area (Å²) in [7, 11) is -3.06. The molecule has 30 heavy (non-hydrogen) atoms. The van der Waals surface area contributed by atoms with Gasteiger partial charge in [0.1, 0.15) is 10.6 Å². The van der Waals surface area contributed by atoms with Crippen LogP contribution in [0.2, 0.25) is 0 Å². The van der Waals surface area contributed by atoms with Crippen LogP contribution in [0.5, 0.6) is 5.75 Å². The van der Waals surface area contributed by atoms with Crippen LogP contribution < -0.4 is 14.4 Å². The van der Waals surface area contributed by atoms with Crippen molar-refractivity contribution in [1.29, 1.82) is 5.26 Å². The molecule has 0 aliphatic carbocycles. The van der Waals surface area contributed by atoms with E-state index in [9.17, 15) is 21.6 Å². The average molecular weight is 439 g/mol. The number of benzene rings is 2. The van der Waals surface area contributed by atoms with E-state index in [1.54, 1.807) is 0 Å². The maximum Gasteiger partial charge on any atom is 0.416 e. The summed E-state index contributed by atoms with van der Waals surface area (Å²) >= 11 is 0. The topological polar surface area (TPSA) is 82.4 Å². The summed E-state index contributed by atoms with van der Waals surface area (Å²) in [6.07, 6.45) is -1.88. The number of ether oxygens (including phenoxy) is 1. The lowest BCUT2D eigenvalue weighted by atomic mass is 10.1. The molecule has 0 amide bonds. The van der Waals surface area contributed by atoms with Gasteiger partial charge in [0.15, 0.2) is 0 Å². The van der Waals surface area contributed by atoms with E-state index in [4.69, 9.17) is 10.00 Å². The van der Waals surface area contributed by atoms with Crippen LogP contribution in [0.25, 0.3) is 0 Å². The molecule has 2 aromatic rings. The molecule has 0 atom stereocenters. The van der Waals surface area contributed by atoms with E-state index >= 15 is 0 Å². The van der Waals surface area contributed by atoms with E-state index in [0.29, 0.717) is 18.8 Å². The molecule has 10 heteroatoms. The SMILES string of the molecule is COc1ccc(C#N)cc1S(=O)(=O)Nc1cc(C(F)(F)F)ccc1N1CCCCC1. The Morgan fingerprint density at radius 3 is 2.40 bits per heavy atom. The molecule has 0 radical (unpaired) electrons. The lowest BCUT2D eigenvalue weighted by molar-refractivity contribution is -0.137. The molecule has 1 aliphatic rings. The number of piperidine rings is 1. The molecular weight excluding hydrogens is 419 g/mol. The average Bonchev–Trinajstić information content (AvgIpc) is 2.73. The van der Waals surface area contributed by atoms with E-state index in [-0.39, 0.29) is 21.9 Å². The Morgan fingerprint density at radius 1 is 1.10 bits per heavy atom. The molecule has 1 fully saturated rings. The van der Waals surface area contributed by atoms with E-state index in [2.05, 4.69) is 4.72 Å². The molecule has 160 valence electrons. The molecule has 1 heterocycles. The highest BCUT2D eigenvalue weighted by molar-refractivity contribution is 7.92. The van der Waals surface area contributed by atoms with Crippen molar-refractivity contribution in [2.45, 2.75) is 30.3 Å². The summed E-state index contributed by atoms with van der Waals surface area (Å²) in [6, 6.07) is 8.70. The van der Waals surface area contributed by atoms with Crippen LogP contribution in [0.15, 0.2) is 41.3 Å². The van der Waals surface area contributed by atoms with Crippen molar-refractivity contribution in [2.24, 2.45) is 0 Å². The molecule has 1 saturated heterocycles. The summed E-state index contributed by atoms with van der Waals surface area (Å²) in [4.78, 5) is 1.54. The van der Waals surface area contributed by atoms with Gasteiger partial charge in [-0.3, -0.25) is 4.72 Å². The van der Waals surface area contributed by atoms with Gasteiger partial charge in [-0.25, -0.2) is 8.42 Å². The van der Waals surface area contributed by atoms with Gasteiger partial charge in [-0.15, -0.1) is 0 Å². The van der Waals surface area contributed by atoms with Crippen LogP contribution in [0.3, 0.4) is 0 Å². The van der Waals surface area contributed by atoms with Gasteiger partial charge in [0.25, 0.3) is 10.0 Å². The van der Waals surface area contributed by atoms with Crippen LogP contribution in [0.4, 0.5) is 24.5 Å². The van der Waals surface area contributed by atoms with Gasteiger partial charge >= 0.3 is 6.18 Å². The van der Waals surface area contributed by atoms with Gasteiger partial charge in [-0.1, -0.05) is 0 Å². The summed E-state index contributed by atoms with van der Waals surface area (Å²) in [6.45, 7) is 1.24. The fourth-order valence-corrected chi connectivity index (χ4v) is 4.62. The predicted octanol–water partition coefficient (Wildman–Crippen LogP) is 4.38. The minimum Gasteiger partial charge on any atom is -0.495 e. The van der Waals surface area contributed by atoms with Crippen molar-refractivity contribution in [3.63, 3.8) is 0 Å². The van der Waals surface area contributed by atoms with Gasteiger partial charge in [0.2, 0.25) is 0 Å². The number of methoxy groups -OCH3 is 1. The lowest BCUT2D eigenvalue weighted by Gasteiger charge is -2.31. The van der Waals surface area contributed by atoms with E-state index < -0.39 is 21.8 Å². The van der Waals surface area contributed by atoms with Crippen molar-refractivity contribution >= 4 is 21.4 Å². The number of halogens is 3. The van der Waals surface area contributed by atoms with Gasteiger partial charge in [0.05, 0.1) is 35.7 Å².